The van der Waals surface area contributed by atoms with Gasteiger partial charge in [-0.1, -0.05) is 10.6 Å². The molecule has 60 valence electrons. The van der Waals surface area contributed by atoms with Crippen molar-refractivity contribution in [3.63, 3.8) is 0 Å². The molecule has 0 radical (unpaired) electrons. The molecule has 4 heteroatoms. The molecule has 0 aliphatic rings. The van der Waals surface area contributed by atoms with Crippen LogP contribution in [0, 0.1) is 0 Å². The fraction of sp³-hybridized carbons (Fsp3) is 0.429. The predicted octanol–water partition coefficient (Wildman–Crippen LogP) is 1.50. The molecule has 0 fully saturated rings. The lowest BCUT2D eigenvalue weighted by molar-refractivity contribution is 0.671. The van der Waals surface area contributed by atoms with Crippen molar-refractivity contribution in [2.45, 2.75) is 18.9 Å². The lowest BCUT2D eigenvalue weighted by atomic mass is 10.1. The highest BCUT2D eigenvalue weighted by molar-refractivity contribution is 7.05. The van der Waals surface area contributed by atoms with Gasteiger partial charge in [0, 0.05) is 6.04 Å². The average Bonchev–Trinajstić information content (AvgIpc) is 2.52. The Morgan fingerprint density at radius 1 is 1.82 bits per heavy atom. The lowest BCUT2D eigenvalue weighted by Crippen LogP contribution is -2.07. The molecular weight excluding hydrogens is 158 g/mol. The summed E-state index contributed by atoms with van der Waals surface area (Å²) in [6.07, 6.45) is 5.46. The number of nitrogens with two attached hydrogens (primary N) is 1. The monoisotopic (exact) mass is 169 g/mol. The fourth-order valence-corrected chi connectivity index (χ4v) is 1.31. The number of hydrogen-bond acceptors (Lipinski definition) is 4. The second-order valence-electron chi connectivity index (χ2n) is 2.29. The van der Waals surface area contributed by atoms with Crippen LogP contribution in [0.3, 0.4) is 0 Å². The van der Waals surface area contributed by atoms with Crippen LogP contribution in [0.1, 0.15) is 23.8 Å². The third-order valence-electron chi connectivity index (χ3n) is 1.43. The molecule has 1 atom stereocenters. The normalized spacial score (nSPS) is 12.8. The van der Waals surface area contributed by atoms with Crippen molar-refractivity contribution in [3.05, 3.63) is 23.7 Å². The van der Waals surface area contributed by atoms with Crippen molar-refractivity contribution in [1.82, 2.24) is 9.59 Å². The molecule has 11 heavy (non-hydrogen) atoms. The molecule has 1 aromatic rings. The molecule has 1 unspecified atom stereocenters. The highest BCUT2D eigenvalue weighted by atomic mass is 32.1. The summed E-state index contributed by atoms with van der Waals surface area (Å²) < 4.78 is 3.74. The van der Waals surface area contributed by atoms with Crippen LogP contribution >= 0.6 is 11.5 Å². The van der Waals surface area contributed by atoms with Crippen LogP contribution in [0.2, 0.25) is 0 Å². The molecule has 1 rings (SSSR count). The maximum Gasteiger partial charge on any atom is 0.0669 e. The topological polar surface area (TPSA) is 51.8 Å². The maximum atomic E-state index is 5.81. The summed E-state index contributed by atoms with van der Waals surface area (Å²) in [7, 11) is 0. The van der Waals surface area contributed by atoms with Crippen LogP contribution in [-0.4, -0.2) is 9.59 Å². The van der Waals surface area contributed by atoms with Gasteiger partial charge >= 0.3 is 0 Å². The molecule has 0 saturated carbocycles. The van der Waals surface area contributed by atoms with E-state index in [1.807, 2.05) is 6.08 Å². The largest absolute Gasteiger partial charge is 0.323 e. The van der Waals surface area contributed by atoms with Crippen LogP contribution in [0.5, 0.6) is 0 Å². The number of aromatic nitrogens is 2. The van der Waals surface area contributed by atoms with Gasteiger partial charge in [0.2, 0.25) is 0 Å². The Morgan fingerprint density at radius 3 is 3.18 bits per heavy atom. The van der Waals surface area contributed by atoms with Crippen molar-refractivity contribution < 1.29 is 0 Å². The van der Waals surface area contributed by atoms with Gasteiger partial charge in [0.05, 0.1) is 11.1 Å². The van der Waals surface area contributed by atoms with E-state index in [1.54, 1.807) is 6.20 Å². The smallest absolute Gasteiger partial charge is 0.0669 e. The van der Waals surface area contributed by atoms with E-state index in [1.165, 1.54) is 11.5 Å². The molecule has 0 saturated heterocycles. The van der Waals surface area contributed by atoms with E-state index in [4.69, 9.17) is 5.73 Å². The van der Waals surface area contributed by atoms with Crippen LogP contribution in [0.4, 0.5) is 0 Å². The van der Waals surface area contributed by atoms with Crippen molar-refractivity contribution >= 4 is 11.5 Å². The van der Waals surface area contributed by atoms with Gasteiger partial charge in [-0.3, -0.25) is 0 Å². The third-order valence-corrected chi connectivity index (χ3v) is 2.22. The molecule has 0 bridgehead atoms. The third kappa shape index (κ3) is 2.40. The number of nitrogens with zero attached hydrogens (tertiary/aromatic N) is 2. The van der Waals surface area contributed by atoms with Crippen LogP contribution in [0.15, 0.2) is 18.9 Å². The molecule has 0 aliphatic heterocycles. The Morgan fingerprint density at radius 2 is 2.64 bits per heavy atom. The summed E-state index contributed by atoms with van der Waals surface area (Å²) in [6.45, 7) is 3.63. The van der Waals surface area contributed by atoms with Gasteiger partial charge in [-0.05, 0) is 24.4 Å². The Bertz CT molecular complexity index is 207. The first-order chi connectivity index (χ1) is 5.34. The lowest BCUT2D eigenvalue weighted by Gasteiger charge is -2.04. The van der Waals surface area contributed by atoms with Crippen LogP contribution < -0.4 is 5.73 Å². The van der Waals surface area contributed by atoms with Gasteiger partial charge < -0.3 is 5.73 Å². The molecule has 0 amide bonds. The molecular formula is C7H11N3S. The molecule has 3 nitrogen and oxygen atoms in total. The molecule has 0 spiro atoms. The maximum absolute atomic E-state index is 5.81. The summed E-state index contributed by atoms with van der Waals surface area (Å²) in [5.74, 6) is 0. The highest BCUT2D eigenvalue weighted by Gasteiger charge is 2.06. The summed E-state index contributed by atoms with van der Waals surface area (Å²) in [5.41, 5.74) is 5.81. The first kappa shape index (κ1) is 8.36. The zero-order valence-corrected chi connectivity index (χ0v) is 7.05. The van der Waals surface area contributed by atoms with Crippen molar-refractivity contribution in [3.8, 4) is 0 Å². The Labute approximate surface area is 70.1 Å². The van der Waals surface area contributed by atoms with Gasteiger partial charge in [-0.25, -0.2) is 0 Å². The minimum atomic E-state index is 0.0769. The summed E-state index contributed by atoms with van der Waals surface area (Å²) >= 11 is 1.36. The Hall–Kier alpha value is -0.740. The molecule has 0 aromatic carbocycles. The minimum Gasteiger partial charge on any atom is -0.323 e. The minimum absolute atomic E-state index is 0.0769. The van der Waals surface area contributed by atoms with E-state index in [9.17, 15) is 0 Å². The van der Waals surface area contributed by atoms with E-state index in [0.29, 0.717) is 0 Å². The Kier molecular flexibility index (Phi) is 3.19. The van der Waals surface area contributed by atoms with Gasteiger partial charge in [0.15, 0.2) is 0 Å². The molecule has 2 N–H and O–H groups in total. The van der Waals surface area contributed by atoms with Crippen molar-refractivity contribution in [1.29, 1.82) is 0 Å². The van der Waals surface area contributed by atoms with Crippen LogP contribution in [-0.2, 0) is 0 Å². The van der Waals surface area contributed by atoms with Gasteiger partial charge in [0.25, 0.3) is 0 Å². The first-order valence-electron chi connectivity index (χ1n) is 3.48. The summed E-state index contributed by atoms with van der Waals surface area (Å²) in [5, 5.41) is 3.71. The second-order valence-corrected chi connectivity index (χ2v) is 3.11. The summed E-state index contributed by atoms with van der Waals surface area (Å²) in [6, 6.07) is 0.0769. The zero-order chi connectivity index (χ0) is 8.10. The van der Waals surface area contributed by atoms with Gasteiger partial charge in [-0.2, -0.15) is 0 Å². The van der Waals surface area contributed by atoms with Crippen molar-refractivity contribution in [2.24, 2.45) is 5.73 Å². The van der Waals surface area contributed by atoms with E-state index in [0.717, 1.165) is 17.7 Å². The molecule has 1 heterocycles. The van der Waals surface area contributed by atoms with Crippen molar-refractivity contribution in [2.75, 3.05) is 0 Å². The first-order valence-corrected chi connectivity index (χ1v) is 4.25. The average molecular weight is 169 g/mol. The van der Waals surface area contributed by atoms with Crippen LogP contribution in [0.25, 0.3) is 0 Å². The van der Waals surface area contributed by atoms with Gasteiger partial charge in [0.1, 0.15) is 0 Å². The Balaban J connectivity index is 2.42. The number of rotatable bonds is 4. The zero-order valence-electron chi connectivity index (χ0n) is 6.23. The van der Waals surface area contributed by atoms with E-state index in [2.05, 4.69) is 16.2 Å². The van der Waals surface area contributed by atoms with Gasteiger partial charge in [-0.15, -0.1) is 11.7 Å². The summed E-state index contributed by atoms with van der Waals surface area (Å²) in [4.78, 5) is 1.05. The SMILES string of the molecule is C=CCCC(N)c1cnns1. The van der Waals surface area contributed by atoms with E-state index >= 15 is 0 Å². The number of hydrogen-bond donors (Lipinski definition) is 1. The number of allylic oxidation sites excluding steroid dienone is 1. The fourth-order valence-electron chi connectivity index (χ4n) is 0.778. The molecule has 1 aromatic heterocycles. The second kappa shape index (κ2) is 4.20. The highest BCUT2D eigenvalue weighted by Crippen LogP contribution is 2.17. The molecule has 0 aliphatic carbocycles. The quantitative estimate of drug-likeness (QED) is 0.695. The standard InChI is InChI=1S/C7H11N3S/c1-2-3-4-6(8)7-5-9-10-11-7/h2,5-6H,1,3-4,8H2. The predicted molar refractivity (Wildman–Crippen MR) is 46.3 cm³/mol. The van der Waals surface area contributed by atoms with E-state index in [-0.39, 0.29) is 6.04 Å². The van der Waals surface area contributed by atoms with E-state index < -0.39 is 0 Å².